The Balaban J connectivity index is 1.87. The first-order valence-corrected chi connectivity index (χ1v) is 7.81. The second kappa shape index (κ2) is 7.46. The molecule has 0 radical (unpaired) electrons. The number of nitrogens with one attached hydrogen (secondary N) is 2. The summed E-state index contributed by atoms with van der Waals surface area (Å²) < 4.78 is 0. The van der Waals surface area contributed by atoms with Crippen molar-refractivity contribution in [2.45, 2.75) is 45.1 Å². The number of amides is 2. The van der Waals surface area contributed by atoms with Crippen molar-refractivity contribution in [2.75, 3.05) is 5.32 Å². The van der Waals surface area contributed by atoms with E-state index in [-0.39, 0.29) is 17.7 Å². The number of para-hydroxylation sites is 1. The van der Waals surface area contributed by atoms with E-state index in [1.807, 2.05) is 0 Å². The Hall–Kier alpha value is -1.55. The van der Waals surface area contributed by atoms with Crippen LogP contribution in [0.5, 0.6) is 0 Å². The Morgan fingerprint density at radius 3 is 2.52 bits per heavy atom. The Morgan fingerprint density at radius 1 is 1.19 bits per heavy atom. The van der Waals surface area contributed by atoms with Crippen LogP contribution < -0.4 is 10.6 Å². The van der Waals surface area contributed by atoms with Crippen molar-refractivity contribution in [2.24, 2.45) is 5.92 Å². The van der Waals surface area contributed by atoms with Crippen LogP contribution in [-0.4, -0.2) is 17.9 Å². The van der Waals surface area contributed by atoms with Gasteiger partial charge in [-0.2, -0.15) is 0 Å². The zero-order valence-electron chi connectivity index (χ0n) is 12.2. The molecule has 2 rings (SSSR count). The van der Waals surface area contributed by atoms with Crippen LogP contribution in [0.1, 0.15) is 39.0 Å². The topological polar surface area (TPSA) is 58.2 Å². The molecule has 1 unspecified atom stereocenters. The monoisotopic (exact) mass is 308 g/mol. The lowest BCUT2D eigenvalue weighted by Crippen LogP contribution is -2.44. The largest absolute Gasteiger partial charge is 0.344 e. The molecule has 1 aliphatic rings. The van der Waals surface area contributed by atoms with Gasteiger partial charge in [-0.15, -0.1) is 0 Å². The zero-order valence-corrected chi connectivity index (χ0v) is 13.0. The van der Waals surface area contributed by atoms with Crippen LogP contribution in [0.25, 0.3) is 0 Å². The lowest BCUT2D eigenvalue weighted by Gasteiger charge is -2.23. The average Bonchev–Trinajstić information content (AvgIpc) is 2.50. The minimum atomic E-state index is -0.573. The van der Waals surface area contributed by atoms with Crippen molar-refractivity contribution in [3.8, 4) is 0 Å². The maximum Gasteiger partial charge on any atom is 0.246 e. The maximum absolute atomic E-state index is 12.1. The summed E-state index contributed by atoms with van der Waals surface area (Å²) in [6.07, 6.45) is 5.23. The van der Waals surface area contributed by atoms with Crippen LogP contribution >= 0.6 is 11.6 Å². The summed E-state index contributed by atoms with van der Waals surface area (Å²) in [5, 5.41) is 6.01. The van der Waals surface area contributed by atoms with E-state index in [2.05, 4.69) is 10.6 Å². The third-order valence-electron chi connectivity index (χ3n) is 3.86. The van der Waals surface area contributed by atoms with E-state index in [1.54, 1.807) is 31.2 Å². The van der Waals surface area contributed by atoms with Gasteiger partial charge in [-0.3, -0.25) is 9.59 Å². The number of rotatable bonds is 4. The van der Waals surface area contributed by atoms with Crippen molar-refractivity contribution in [3.05, 3.63) is 29.3 Å². The molecule has 0 spiro atoms. The van der Waals surface area contributed by atoms with Gasteiger partial charge in [-0.1, -0.05) is 43.0 Å². The lowest BCUT2D eigenvalue weighted by atomic mass is 9.88. The van der Waals surface area contributed by atoms with Gasteiger partial charge >= 0.3 is 0 Å². The van der Waals surface area contributed by atoms with E-state index >= 15 is 0 Å². The van der Waals surface area contributed by atoms with Crippen LogP contribution in [0.3, 0.4) is 0 Å². The Labute approximate surface area is 130 Å². The Kier molecular flexibility index (Phi) is 5.62. The molecule has 21 heavy (non-hydrogen) atoms. The van der Waals surface area contributed by atoms with Crippen LogP contribution in [0, 0.1) is 5.92 Å². The molecule has 114 valence electrons. The smallest absolute Gasteiger partial charge is 0.246 e. The molecule has 0 bridgehead atoms. The molecule has 2 amide bonds. The van der Waals surface area contributed by atoms with Gasteiger partial charge in [0.2, 0.25) is 11.8 Å². The first kappa shape index (κ1) is 15.8. The molecule has 2 N–H and O–H groups in total. The van der Waals surface area contributed by atoms with Crippen molar-refractivity contribution < 1.29 is 9.59 Å². The zero-order chi connectivity index (χ0) is 15.2. The summed E-state index contributed by atoms with van der Waals surface area (Å²) in [4.78, 5) is 24.2. The molecule has 1 fully saturated rings. The van der Waals surface area contributed by atoms with Crippen LogP contribution in [-0.2, 0) is 9.59 Å². The number of halogens is 1. The fraction of sp³-hybridized carbons (Fsp3) is 0.500. The summed E-state index contributed by atoms with van der Waals surface area (Å²) in [5.41, 5.74) is 0.558. The van der Waals surface area contributed by atoms with Crippen molar-refractivity contribution >= 4 is 29.1 Å². The number of hydrogen-bond acceptors (Lipinski definition) is 2. The predicted molar refractivity (Wildman–Crippen MR) is 84.3 cm³/mol. The van der Waals surface area contributed by atoms with E-state index < -0.39 is 6.04 Å². The number of carbonyl (C=O) groups is 2. The normalized spacial score (nSPS) is 17.0. The van der Waals surface area contributed by atoms with Gasteiger partial charge in [0.1, 0.15) is 6.04 Å². The van der Waals surface area contributed by atoms with E-state index in [0.717, 1.165) is 25.7 Å². The van der Waals surface area contributed by atoms with Gasteiger partial charge in [-0.05, 0) is 31.9 Å². The highest BCUT2D eigenvalue weighted by atomic mass is 35.5. The Bertz CT molecular complexity index is 513. The average molecular weight is 309 g/mol. The van der Waals surface area contributed by atoms with Crippen LogP contribution in [0.2, 0.25) is 5.02 Å². The quantitative estimate of drug-likeness (QED) is 0.896. The molecule has 4 nitrogen and oxygen atoms in total. The number of hydrogen-bond donors (Lipinski definition) is 2. The van der Waals surface area contributed by atoms with E-state index in [0.29, 0.717) is 10.7 Å². The molecule has 0 saturated heterocycles. The van der Waals surface area contributed by atoms with Gasteiger partial charge in [0.15, 0.2) is 0 Å². The summed E-state index contributed by atoms with van der Waals surface area (Å²) in [6, 6.07) is 6.47. The molecule has 1 aliphatic carbocycles. The minimum Gasteiger partial charge on any atom is -0.344 e. The number of carbonyl (C=O) groups excluding carboxylic acids is 2. The lowest BCUT2D eigenvalue weighted by molar-refractivity contribution is -0.129. The van der Waals surface area contributed by atoms with E-state index in [9.17, 15) is 9.59 Å². The highest BCUT2D eigenvalue weighted by molar-refractivity contribution is 6.33. The summed E-state index contributed by atoms with van der Waals surface area (Å²) >= 11 is 6.00. The first-order valence-electron chi connectivity index (χ1n) is 7.43. The molecule has 1 aromatic carbocycles. The van der Waals surface area contributed by atoms with Crippen molar-refractivity contribution in [1.29, 1.82) is 0 Å². The molecule has 5 heteroatoms. The number of anilines is 1. The minimum absolute atomic E-state index is 0.0171. The Morgan fingerprint density at radius 2 is 1.86 bits per heavy atom. The standard InChI is InChI=1S/C16H21ClN2O2/c1-11(18-16(21)12-7-3-2-4-8-12)15(20)19-14-10-6-5-9-13(14)17/h5-6,9-12H,2-4,7-8H2,1H3,(H,18,21)(H,19,20). The SMILES string of the molecule is CC(NC(=O)C1CCCCC1)C(=O)Nc1ccccc1Cl. The molecule has 0 aromatic heterocycles. The number of benzene rings is 1. The third kappa shape index (κ3) is 4.46. The van der Waals surface area contributed by atoms with Gasteiger partial charge in [0.25, 0.3) is 0 Å². The van der Waals surface area contributed by atoms with Crippen LogP contribution in [0.4, 0.5) is 5.69 Å². The maximum atomic E-state index is 12.1. The molecular weight excluding hydrogens is 288 g/mol. The van der Waals surface area contributed by atoms with Crippen LogP contribution in [0.15, 0.2) is 24.3 Å². The third-order valence-corrected chi connectivity index (χ3v) is 4.19. The highest BCUT2D eigenvalue weighted by Crippen LogP contribution is 2.24. The van der Waals surface area contributed by atoms with Gasteiger partial charge in [0, 0.05) is 5.92 Å². The fourth-order valence-corrected chi connectivity index (χ4v) is 2.75. The molecule has 1 saturated carbocycles. The van der Waals surface area contributed by atoms with Crippen molar-refractivity contribution in [3.63, 3.8) is 0 Å². The van der Waals surface area contributed by atoms with Crippen molar-refractivity contribution in [1.82, 2.24) is 5.32 Å². The first-order chi connectivity index (χ1) is 10.1. The van der Waals surface area contributed by atoms with E-state index in [1.165, 1.54) is 6.42 Å². The molecule has 1 atom stereocenters. The molecule has 0 aliphatic heterocycles. The van der Waals surface area contributed by atoms with Gasteiger partial charge < -0.3 is 10.6 Å². The second-order valence-electron chi connectivity index (χ2n) is 5.53. The predicted octanol–water partition coefficient (Wildman–Crippen LogP) is 3.36. The fourth-order valence-electron chi connectivity index (χ4n) is 2.57. The van der Waals surface area contributed by atoms with Gasteiger partial charge in [-0.25, -0.2) is 0 Å². The highest BCUT2D eigenvalue weighted by Gasteiger charge is 2.24. The summed E-state index contributed by atoms with van der Waals surface area (Å²) in [7, 11) is 0. The molecular formula is C16H21ClN2O2. The summed E-state index contributed by atoms with van der Waals surface area (Å²) in [6.45, 7) is 1.69. The molecule has 1 aromatic rings. The molecule has 0 heterocycles. The summed E-state index contributed by atoms with van der Waals surface area (Å²) in [5.74, 6) is -0.224. The van der Waals surface area contributed by atoms with Gasteiger partial charge in [0.05, 0.1) is 10.7 Å². The van der Waals surface area contributed by atoms with E-state index in [4.69, 9.17) is 11.6 Å². The second-order valence-corrected chi connectivity index (χ2v) is 5.94.